The van der Waals surface area contributed by atoms with Crippen LogP contribution in [0.5, 0.6) is 5.75 Å². The van der Waals surface area contributed by atoms with Gasteiger partial charge in [0.1, 0.15) is 5.75 Å². The highest BCUT2D eigenvalue weighted by Crippen LogP contribution is 2.37. The predicted octanol–water partition coefficient (Wildman–Crippen LogP) is 0.715. The van der Waals surface area contributed by atoms with Crippen LogP contribution in [-0.2, 0) is 11.2 Å². The molecule has 0 unspecified atom stereocenters. The Morgan fingerprint density at radius 1 is 1.42 bits per heavy atom. The second-order valence-electron chi connectivity index (χ2n) is 6.86. The molecule has 2 aliphatic heterocycles. The first-order valence-corrected chi connectivity index (χ1v) is 8.41. The molecule has 1 aromatic rings. The van der Waals surface area contributed by atoms with Crippen LogP contribution in [0.25, 0.3) is 0 Å². The Labute approximate surface area is 141 Å². The number of rotatable bonds is 4. The average molecular weight is 330 g/mol. The SMILES string of the molecule is CC(=O)c1cccc2c1OB(O)[C@@H](CC(=O)C1(N)CCNCC1)C2. The summed E-state index contributed by atoms with van der Waals surface area (Å²) in [5, 5.41) is 13.5. The lowest BCUT2D eigenvalue weighted by atomic mass is 9.63. The van der Waals surface area contributed by atoms with Gasteiger partial charge < -0.3 is 20.7 Å². The molecule has 1 aromatic carbocycles. The van der Waals surface area contributed by atoms with E-state index in [1.165, 1.54) is 6.92 Å². The molecule has 1 saturated heterocycles. The maximum absolute atomic E-state index is 12.6. The van der Waals surface area contributed by atoms with Crippen molar-refractivity contribution >= 4 is 18.7 Å². The third-order valence-electron chi connectivity index (χ3n) is 5.10. The molecular formula is C17H23BN2O4. The molecule has 0 aliphatic carbocycles. The Morgan fingerprint density at radius 3 is 2.79 bits per heavy atom. The van der Waals surface area contributed by atoms with E-state index < -0.39 is 12.7 Å². The molecule has 3 rings (SSSR count). The van der Waals surface area contributed by atoms with Crippen LogP contribution in [-0.4, -0.2) is 42.3 Å². The van der Waals surface area contributed by atoms with Crippen molar-refractivity contribution in [2.75, 3.05) is 13.1 Å². The number of hydrogen-bond donors (Lipinski definition) is 3. The molecule has 24 heavy (non-hydrogen) atoms. The maximum Gasteiger partial charge on any atom is 0.526 e. The standard InChI is InChI=1S/C17H23BN2O4/c1-11(21)14-4-2-3-12-9-13(18(23)24-16(12)14)10-15(22)17(19)5-7-20-8-6-17/h2-4,13,20,23H,5-10,19H2,1H3/t13-/m1/s1. The Bertz CT molecular complexity index is 658. The summed E-state index contributed by atoms with van der Waals surface area (Å²) in [5.41, 5.74) is 6.77. The minimum Gasteiger partial charge on any atom is -0.535 e. The van der Waals surface area contributed by atoms with Crippen molar-refractivity contribution in [3.8, 4) is 5.75 Å². The second-order valence-corrected chi connectivity index (χ2v) is 6.86. The van der Waals surface area contributed by atoms with E-state index in [4.69, 9.17) is 10.4 Å². The van der Waals surface area contributed by atoms with E-state index >= 15 is 0 Å². The van der Waals surface area contributed by atoms with E-state index in [2.05, 4.69) is 5.32 Å². The van der Waals surface area contributed by atoms with E-state index in [9.17, 15) is 14.6 Å². The van der Waals surface area contributed by atoms with Gasteiger partial charge in [0.25, 0.3) is 0 Å². The number of nitrogens with two attached hydrogens (primary N) is 1. The van der Waals surface area contributed by atoms with Gasteiger partial charge in [-0.25, -0.2) is 0 Å². The molecule has 0 spiro atoms. The first-order chi connectivity index (χ1) is 11.4. The summed E-state index contributed by atoms with van der Waals surface area (Å²) >= 11 is 0. The largest absolute Gasteiger partial charge is 0.535 e. The number of ketones is 2. The fourth-order valence-electron chi connectivity index (χ4n) is 3.53. The maximum atomic E-state index is 12.6. The number of para-hydroxylation sites is 1. The smallest absolute Gasteiger partial charge is 0.526 e. The summed E-state index contributed by atoms with van der Waals surface area (Å²) in [5.74, 6) is -0.0416. The van der Waals surface area contributed by atoms with Crippen LogP contribution in [0.15, 0.2) is 18.2 Å². The fraction of sp³-hybridized carbons (Fsp3) is 0.529. The van der Waals surface area contributed by atoms with Gasteiger partial charge in [-0.2, -0.15) is 0 Å². The molecule has 6 nitrogen and oxygen atoms in total. The van der Waals surface area contributed by atoms with Gasteiger partial charge in [-0.3, -0.25) is 9.59 Å². The molecular weight excluding hydrogens is 307 g/mol. The number of carbonyl (C=O) groups excluding carboxylic acids is 2. The summed E-state index contributed by atoms with van der Waals surface area (Å²) in [6.45, 7) is 2.93. The number of Topliss-reactive ketones (excluding diaryl/α,β-unsaturated/α-hetero) is 2. The lowest BCUT2D eigenvalue weighted by Crippen LogP contribution is -2.55. The molecule has 4 N–H and O–H groups in total. The lowest BCUT2D eigenvalue weighted by Gasteiger charge is -2.35. The van der Waals surface area contributed by atoms with Gasteiger partial charge in [0.05, 0.1) is 11.1 Å². The van der Waals surface area contributed by atoms with Crippen LogP contribution < -0.4 is 15.7 Å². The Balaban J connectivity index is 1.76. The molecule has 0 bridgehead atoms. The van der Waals surface area contributed by atoms with Gasteiger partial charge in [0.15, 0.2) is 11.6 Å². The summed E-state index contributed by atoms with van der Waals surface area (Å²) in [4.78, 5) is 24.3. The minimum absolute atomic E-state index is 0.0252. The van der Waals surface area contributed by atoms with Crippen LogP contribution in [0, 0.1) is 0 Å². The van der Waals surface area contributed by atoms with Crippen LogP contribution in [0.1, 0.15) is 42.1 Å². The number of piperidine rings is 1. The number of nitrogens with one attached hydrogen (secondary N) is 1. The number of fused-ring (bicyclic) bond motifs is 1. The number of hydrogen-bond acceptors (Lipinski definition) is 6. The summed E-state index contributed by atoms with van der Waals surface area (Å²) in [6, 6.07) is 5.35. The zero-order valence-electron chi connectivity index (χ0n) is 13.9. The van der Waals surface area contributed by atoms with Crippen molar-refractivity contribution in [2.24, 2.45) is 5.73 Å². The van der Waals surface area contributed by atoms with E-state index in [1.807, 2.05) is 6.07 Å². The van der Waals surface area contributed by atoms with Crippen molar-refractivity contribution in [2.45, 2.75) is 44.0 Å². The molecule has 0 amide bonds. The molecule has 7 heteroatoms. The van der Waals surface area contributed by atoms with E-state index in [0.717, 1.165) is 18.7 Å². The average Bonchev–Trinajstić information content (AvgIpc) is 2.55. The van der Waals surface area contributed by atoms with Crippen molar-refractivity contribution in [1.29, 1.82) is 0 Å². The topological polar surface area (TPSA) is 102 Å². The Kier molecular flexibility index (Phi) is 4.76. The van der Waals surface area contributed by atoms with E-state index in [0.29, 0.717) is 30.6 Å². The van der Waals surface area contributed by atoms with Crippen molar-refractivity contribution < 1.29 is 19.3 Å². The normalized spacial score (nSPS) is 22.5. The van der Waals surface area contributed by atoms with Crippen LogP contribution in [0.3, 0.4) is 0 Å². The molecule has 1 fully saturated rings. The van der Waals surface area contributed by atoms with Crippen molar-refractivity contribution in [3.05, 3.63) is 29.3 Å². The first-order valence-electron chi connectivity index (χ1n) is 8.41. The Morgan fingerprint density at radius 2 is 2.12 bits per heavy atom. The van der Waals surface area contributed by atoms with Crippen molar-refractivity contribution in [1.82, 2.24) is 5.32 Å². The molecule has 128 valence electrons. The highest BCUT2D eigenvalue weighted by molar-refractivity contribution is 6.47. The number of benzene rings is 1. The third-order valence-corrected chi connectivity index (χ3v) is 5.10. The van der Waals surface area contributed by atoms with Crippen LogP contribution >= 0.6 is 0 Å². The zero-order chi connectivity index (χ0) is 17.3. The lowest BCUT2D eigenvalue weighted by molar-refractivity contribution is -0.125. The molecule has 0 radical (unpaired) electrons. The van der Waals surface area contributed by atoms with E-state index in [1.54, 1.807) is 12.1 Å². The summed E-state index contributed by atoms with van der Waals surface area (Å²) in [7, 11) is -1.10. The molecule has 1 atom stereocenters. The summed E-state index contributed by atoms with van der Waals surface area (Å²) < 4.78 is 5.59. The quantitative estimate of drug-likeness (QED) is 0.555. The highest BCUT2D eigenvalue weighted by Gasteiger charge is 2.42. The fourth-order valence-corrected chi connectivity index (χ4v) is 3.53. The Hall–Kier alpha value is -1.70. The molecule has 2 aliphatic rings. The van der Waals surface area contributed by atoms with E-state index in [-0.39, 0.29) is 23.8 Å². The van der Waals surface area contributed by atoms with Gasteiger partial charge in [0.2, 0.25) is 0 Å². The predicted molar refractivity (Wildman–Crippen MR) is 91.1 cm³/mol. The highest BCUT2D eigenvalue weighted by atomic mass is 16.5. The van der Waals surface area contributed by atoms with Gasteiger partial charge in [-0.1, -0.05) is 12.1 Å². The minimum atomic E-state index is -1.10. The zero-order valence-corrected chi connectivity index (χ0v) is 13.9. The third kappa shape index (κ3) is 3.24. The van der Waals surface area contributed by atoms with Gasteiger partial charge in [-0.15, -0.1) is 0 Å². The summed E-state index contributed by atoms with van der Waals surface area (Å²) in [6.07, 6.45) is 1.90. The molecule has 0 saturated carbocycles. The molecule has 0 aromatic heterocycles. The van der Waals surface area contributed by atoms with Gasteiger partial charge >= 0.3 is 7.12 Å². The van der Waals surface area contributed by atoms with Gasteiger partial charge in [-0.05, 0) is 50.9 Å². The van der Waals surface area contributed by atoms with Crippen molar-refractivity contribution in [3.63, 3.8) is 0 Å². The monoisotopic (exact) mass is 330 g/mol. The van der Waals surface area contributed by atoms with Crippen LogP contribution in [0.4, 0.5) is 0 Å². The van der Waals surface area contributed by atoms with Crippen LogP contribution in [0.2, 0.25) is 5.82 Å². The van der Waals surface area contributed by atoms with Gasteiger partial charge in [0, 0.05) is 12.2 Å². The molecule has 2 heterocycles. The first kappa shape index (κ1) is 17.1. The number of carbonyl (C=O) groups is 2. The second kappa shape index (κ2) is 6.66.